The molecule has 14 heavy (non-hydrogen) atoms. The summed E-state index contributed by atoms with van der Waals surface area (Å²) in [5.41, 5.74) is 6.36. The molecular weight excluding hydrogens is 178 g/mol. The van der Waals surface area contributed by atoms with Crippen LogP contribution in [0.2, 0.25) is 0 Å². The number of rotatable bonds is 3. The molecule has 0 spiro atoms. The van der Waals surface area contributed by atoms with Gasteiger partial charge in [0.2, 0.25) is 0 Å². The van der Waals surface area contributed by atoms with Crippen LogP contribution in [0.15, 0.2) is 18.2 Å². The first kappa shape index (κ1) is 10.9. The van der Waals surface area contributed by atoms with E-state index in [1.165, 1.54) is 0 Å². The zero-order valence-electron chi connectivity index (χ0n) is 8.87. The van der Waals surface area contributed by atoms with E-state index in [0.29, 0.717) is 6.42 Å². The van der Waals surface area contributed by atoms with E-state index in [4.69, 9.17) is 10.5 Å². The van der Waals surface area contributed by atoms with Crippen LogP contribution in [0, 0.1) is 0 Å². The molecule has 0 aliphatic heterocycles. The van der Waals surface area contributed by atoms with Crippen LogP contribution < -0.4 is 10.5 Å². The van der Waals surface area contributed by atoms with E-state index < -0.39 is 0 Å². The van der Waals surface area contributed by atoms with Gasteiger partial charge in [0, 0.05) is 5.54 Å². The summed E-state index contributed by atoms with van der Waals surface area (Å²) in [4.78, 5) is 0. The second-order valence-corrected chi connectivity index (χ2v) is 4.16. The highest BCUT2D eigenvalue weighted by Crippen LogP contribution is 2.25. The van der Waals surface area contributed by atoms with Gasteiger partial charge in [-0.05, 0) is 44.0 Å². The first-order valence-corrected chi connectivity index (χ1v) is 4.57. The second kappa shape index (κ2) is 3.88. The second-order valence-electron chi connectivity index (χ2n) is 4.16. The Bertz CT molecular complexity index is 316. The maximum absolute atomic E-state index is 9.58. The number of phenolic OH excluding ortho intramolecular Hbond substituents is 1. The van der Waals surface area contributed by atoms with Gasteiger partial charge < -0.3 is 15.6 Å². The zero-order valence-corrected chi connectivity index (χ0v) is 8.87. The topological polar surface area (TPSA) is 55.5 Å². The van der Waals surface area contributed by atoms with Gasteiger partial charge in [-0.1, -0.05) is 0 Å². The van der Waals surface area contributed by atoms with Crippen LogP contribution in [0.3, 0.4) is 0 Å². The minimum atomic E-state index is -0.330. The molecule has 0 aliphatic rings. The summed E-state index contributed by atoms with van der Waals surface area (Å²) in [6, 6.07) is 5.16. The summed E-state index contributed by atoms with van der Waals surface area (Å²) >= 11 is 0. The first-order valence-electron chi connectivity index (χ1n) is 4.57. The summed E-state index contributed by atoms with van der Waals surface area (Å²) < 4.78 is 5.07. The third-order valence-corrected chi connectivity index (χ3v) is 1.93. The Morgan fingerprint density at radius 1 is 1.43 bits per heavy atom. The van der Waals surface area contributed by atoms with Crippen LogP contribution in [0.5, 0.6) is 11.5 Å². The van der Waals surface area contributed by atoms with Crippen molar-refractivity contribution in [2.45, 2.75) is 25.8 Å². The van der Waals surface area contributed by atoms with Crippen molar-refractivity contribution < 1.29 is 9.84 Å². The molecule has 0 amide bonds. The molecule has 0 heterocycles. The van der Waals surface area contributed by atoms with Crippen LogP contribution in [0.25, 0.3) is 0 Å². The number of nitrogens with two attached hydrogens (primary N) is 1. The first-order chi connectivity index (χ1) is 6.42. The SMILES string of the molecule is COc1ccc(O)c(CC(C)(C)N)c1. The van der Waals surface area contributed by atoms with Crippen molar-refractivity contribution >= 4 is 0 Å². The van der Waals surface area contributed by atoms with Gasteiger partial charge in [0.25, 0.3) is 0 Å². The number of ether oxygens (including phenoxy) is 1. The molecule has 3 heteroatoms. The Hall–Kier alpha value is -1.22. The summed E-state index contributed by atoms with van der Waals surface area (Å²) in [5.74, 6) is 1.01. The van der Waals surface area contributed by atoms with E-state index in [1.807, 2.05) is 19.9 Å². The molecule has 0 saturated heterocycles. The quantitative estimate of drug-likeness (QED) is 0.771. The molecule has 78 valence electrons. The largest absolute Gasteiger partial charge is 0.508 e. The van der Waals surface area contributed by atoms with Crippen LogP contribution in [-0.2, 0) is 6.42 Å². The van der Waals surface area contributed by atoms with E-state index in [9.17, 15) is 5.11 Å². The van der Waals surface area contributed by atoms with E-state index >= 15 is 0 Å². The highest BCUT2D eigenvalue weighted by molar-refractivity contribution is 5.40. The third-order valence-electron chi connectivity index (χ3n) is 1.93. The fourth-order valence-corrected chi connectivity index (χ4v) is 1.32. The number of aromatic hydroxyl groups is 1. The minimum Gasteiger partial charge on any atom is -0.508 e. The molecule has 0 atom stereocenters. The lowest BCUT2D eigenvalue weighted by Crippen LogP contribution is -2.34. The molecule has 1 aromatic carbocycles. The highest BCUT2D eigenvalue weighted by atomic mass is 16.5. The molecule has 0 fully saturated rings. The lowest BCUT2D eigenvalue weighted by Gasteiger charge is -2.19. The molecule has 1 rings (SSSR count). The van der Waals surface area contributed by atoms with E-state index in [0.717, 1.165) is 11.3 Å². The van der Waals surface area contributed by atoms with Crippen molar-refractivity contribution in [2.75, 3.05) is 7.11 Å². The number of phenols is 1. The molecule has 3 nitrogen and oxygen atoms in total. The van der Waals surface area contributed by atoms with Gasteiger partial charge in [-0.25, -0.2) is 0 Å². The van der Waals surface area contributed by atoms with Crippen molar-refractivity contribution in [1.29, 1.82) is 0 Å². The standard InChI is InChI=1S/C11H17NO2/c1-11(2,12)7-8-6-9(14-3)4-5-10(8)13/h4-6,13H,7,12H2,1-3H3. The average Bonchev–Trinajstić information content (AvgIpc) is 2.06. The molecule has 0 radical (unpaired) electrons. The zero-order chi connectivity index (χ0) is 10.8. The Balaban J connectivity index is 2.95. The fraction of sp³-hybridized carbons (Fsp3) is 0.455. The molecule has 1 aromatic rings. The average molecular weight is 195 g/mol. The Morgan fingerprint density at radius 2 is 2.07 bits per heavy atom. The van der Waals surface area contributed by atoms with Crippen molar-refractivity contribution in [3.8, 4) is 11.5 Å². The van der Waals surface area contributed by atoms with Gasteiger partial charge in [0.05, 0.1) is 7.11 Å². The lowest BCUT2D eigenvalue weighted by atomic mass is 9.95. The summed E-state index contributed by atoms with van der Waals surface area (Å²) in [6.45, 7) is 3.85. The monoisotopic (exact) mass is 195 g/mol. The maximum atomic E-state index is 9.58. The van der Waals surface area contributed by atoms with Gasteiger partial charge in [-0.15, -0.1) is 0 Å². The predicted octanol–water partition coefficient (Wildman–Crippen LogP) is 1.68. The molecule has 0 bridgehead atoms. The molecular formula is C11H17NO2. The number of methoxy groups -OCH3 is 1. The van der Waals surface area contributed by atoms with Gasteiger partial charge in [0.1, 0.15) is 11.5 Å². The number of benzene rings is 1. The van der Waals surface area contributed by atoms with Crippen LogP contribution >= 0.6 is 0 Å². The van der Waals surface area contributed by atoms with Gasteiger partial charge in [-0.2, -0.15) is 0 Å². The lowest BCUT2D eigenvalue weighted by molar-refractivity contribution is 0.408. The van der Waals surface area contributed by atoms with Crippen molar-refractivity contribution in [3.63, 3.8) is 0 Å². The Labute approximate surface area is 84.5 Å². The van der Waals surface area contributed by atoms with E-state index in [-0.39, 0.29) is 11.3 Å². The van der Waals surface area contributed by atoms with Crippen LogP contribution in [0.1, 0.15) is 19.4 Å². The van der Waals surface area contributed by atoms with Gasteiger partial charge in [0.15, 0.2) is 0 Å². The molecule has 0 saturated carbocycles. The maximum Gasteiger partial charge on any atom is 0.119 e. The molecule has 0 aromatic heterocycles. The Morgan fingerprint density at radius 3 is 2.57 bits per heavy atom. The predicted molar refractivity (Wildman–Crippen MR) is 56.6 cm³/mol. The van der Waals surface area contributed by atoms with Crippen LogP contribution in [-0.4, -0.2) is 17.8 Å². The van der Waals surface area contributed by atoms with E-state index in [1.54, 1.807) is 19.2 Å². The van der Waals surface area contributed by atoms with Crippen molar-refractivity contribution in [1.82, 2.24) is 0 Å². The molecule has 3 N–H and O–H groups in total. The molecule has 0 unspecified atom stereocenters. The summed E-state index contributed by atoms with van der Waals surface area (Å²) in [7, 11) is 1.60. The third kappa shape index (κ3) is 2.92. The van der Waals surface area contributed by atoms with Gasteiger partial charge >= 0.3 is 0 Å². The van der Waals surface area contributed by atoms with Crippen molar-refractivity contribution in [2.24, 2.45) is 5.73 Å². The van der Waals surface area contributed by atoms with Crippen LogP contribution in [0.4, 0.5) is 0 Å². The Kier molecular flexibility index (Phi) is 3.01. The highest BCUT2D eigenvalue weighted by Gasteiger charge is 2.14. The normalized spacial score (nSPS) is 11.4. The smallest absolute Gasteiger partial charge is 0.119 e. The minimum absolute atomic E-state index is 0.268. The summed E-state index contributed by atoms with van der Waals surface area (Å²) in [5, 5.41) is 9.58. The molecule has 0 aliphatic carbocycles. The number of hydrogen-bond donors (Lipinski definition) is 2. The fourth-order valence-electron chi connectivity index (χ4n) is 1.32. The van der Waals surface area contributed by atoms with Gasteiger partial charge in [-0.3, -0.25) is 0 Å². The number of hydrogen-bond acceptors (Lipinski definition) is 3. The summed E-state index contributed by atoms with van der Waals surface area (Å²) in [6.07, 6.45) is 0.621. The van der Waals surface area contributed by atoms with Crippen molar-refractivity contribution in [3.05, 3.63) is 23.8 Å². The van der Waals surface area contributed by atoms with E-state index in [2.05, 4.69) is 0 Å².